The van der Waals surface area contributed by atoms with Crippen molar-refractivity contribution in [2.24, 2.45) is 5.92 Å². The Morgan fingerprint density at radius 3 is 2.80 bits per heavy atom. The number of alkyl halides is 1. The SMILES string of the molecule is CN(CC1CC(Cl)C1)c1ccc(F)cn1. The van der Waals surface area contributed by atoms with Gasteiger partial charge in [0.2, 0.25) is 0 Å². The molecule has 1 aromatic rings. The van der Waals surface area contributed by atoms with Crippen molar-refractivity contribution >= 4 is 17.4 Å². The fraction of sp³-hybridized carbons (Fsp3) is 0.545. The van der Waals surface area contributed by atoms with Crippen LogP contribution in [0.25, 0.3) is 0 Å². The Morgan fingerprint density at radius 2 is 2.27 bits per heavy atom. The highest BCUT2D eigenvalue weighted by Gasteiger charge is 2.28. The van der Waals surface area contributed by atoms with Gasteiger partial charge in [0, 0.05) is 19.0 Å². The average molecular weight is 229 g/mol. The van der Waals surface area contributed by atoms with E-state index in [9.17, 15) is 4.39 Å². The Balaban J connectivity index is 1.90. The van der Waals surface area contributed by atoms with Gasteiger partial charge in [-0.2, -0.15) is 0 Å². The molecule has 0 bridgehead atoms. The van der Waals surface area contributed by atoms with Crippen LogP contribution in [0.3, 0.4) is 0 Å². The third-order valence-corrected chi connectivity index (χ3v) is 3.17. The Hall–Kier alpha value is -0.830. The van der Waals surface area contributed by atoms with Crippen molar-refractivity contribution in [1.82, 2.24) is 4.98 Å². The fourth-order valence-corrected chi connectivity index (χ4v) is 2.38. The number of hydrogen-bond acceptors (Lipinski definition) is 2. The molecule has 1 aliphatic rings. The van der Waals surface area contributed by atoms with Crippen molar-refractivity contribution in [3.05, 3.63) is 24.1 Å². The van der Waals surface area contributed by atoms with E-state index in [2.05, 4.69) is 4.98 Å². The molecule has 0 aliphatic heterocycles. The maximum atomic E-state index is 12.6. The van der Waals surface area contributed by atoms with Crippen molar-refractivity contribution in [3.8, 4) is 0 Å². The molecular formula is C11H14ClFN2. The highest BCUT2D eigenvalue weighted by molar-refractivity contribution is 6.21. The van der Waals surface area contributed by atoms with Crippen LogP contribution < -0.4 is 4.90 Å². The number of nitrogens with zero attached hydrogens (tertiary/aromatic N) is 2. The minimum absolute atomic E-state index is 0.295. The molecule has 1 aliphatic carbocycles. The highest BCUT2D eigenvalue weighted by Crippen LogP contribution is 2.32. The Labute approximate surface area is 94.1 Å². The molecule has 1 saturated carbocycles. The summed E-state index contributed by atoms with van der Waals surface area (Å²) in [6.45, 7) is 0.946. The summed E-state index contributed by atoms with van der Waals surface area (Å²) in [5.41, 5.74) is 0. The highest BCUT2D eigenvalue weighted by atomic mass is 35.5. The van der Waals surface area contributed by atoms with Gasteiger partial charge in [-0.15, -0.1) is 11.6 Å². The van der Waals surface area contributed by atoms with Crippen LogP contribution in [0.5, 0.6) is 0 Å². The molecule has 0 N–H and O–H groups in total. The van der Waals surface area contributed by atoms with Crippen LogP contribution >= 0.6 is 11.6 Å². The molecule has 2 nitrogen and oxygen atoms in total. The van der Waals surface area contributed by atoms with Gasteiger partial charge in [-0.25, -0.2) is 9.37 Å². The second-order valence-corrected chi connectivity index (χ2v) is 4.77. The Kier molecular flexibility index (Phi) is 3.10. The molecule has 0 saturated heterocycles. The summed E-state index contributed by atoms with van der Waals surface area (Å²) in [4.78, 5) is 6.08. The lowest BCUT2D eigenvalue weighted by Gasteiger charge is -2.34. The molecule has 0 atom stereocenters. The Bertz CT molecular complexity index is 322. The topological polar surface area (TPSA) is 16.1 Å². The minimum Gasteiger partial charge on any atom is -0.359 e. The van der Waals surface area contributed by atoms with Crippen LogP contribution in [0.1, 0.15) is 12.8 Å². The molecule has 0 aromatic carbocycles. The number of aromatic nitrogens is 1. The third kappa shape index (κ3) is 2.59. The first kappa shape index (κ1) is 10.7. The lowest BCUT2D eigenvalue weighted by molar-refractivity contribution is 0.328. The summed E-state index contributed by atoms with van der Waals surface area (Å²) < 4.78 is 12.6. The quantitative estimate of drug-likeness (QED) is 0.740. The van der Waals surface area contributed by atoms with Crippen LogP contribution in [0.2, 0.25) is 0 Å². The van der Waals surface area contributed by atoms with Crippen LogP contribution in [-0.2, 0) is 0 Å². The van der Waals surface area contributed by atoms with Gasteiger partial charge >= 0.3 is 0 Å². The number of hydrogen-bond donors (Lipinski definition) is 0. The van der Waals surface area contributed by atoms with Gasteiger partial charge in [-0.3, -0.25) is 0 Å². The number of rotatable bonds is 3. The lowest BCUT2D eigenvalue weighted by atomic mass is 9.84. The summed E-state index contributed by atoms with van der Waals surface area (Å²) in [5.74, 6) is 1.18. The van der Waals surface area contributed by atoms with Gasteiger partial charge in [0.25, 0.3) is 0 Å². The normalized spacial score (nSPS) is 24.7. The third-order valence-electron chi connectivity index (χ3n) is 2.81. The van der Waals surface area contributed by atoms with E-state index in [1.54, 1.807) is 6.07 Å². The number of halogens is 2. The zero-order valence-electron chi connectivity index (χ0n) is 8.66. The van der Waals surface area contributed by atoms with Gasteiger partial charge in [0.05, 0.1) is 6.20 Å². The van der Waals surface area contributed by atoms with Crippen LogP contribution in [-0.4, -0.2) is 24.0 Å². The summed E-state index contributed by atoms with van der Waals surface area (Å²) in [6, 6.07) is 3.14. The molecule has 1 fully saturated rings. The standard InChI is InChI=1S/C11H14ClFN2/c1-15(7-8-4-9(12)5-8)11-3-2-10(13)6-14-11/h2-3,6,8-9H,4-5,7H2,1H3. The maximum absolute atomic E-state index is 12.6. The first-order chi connectivity index (χ1) is 7.15. The average Bonchev–Trinajstić information content (AvgIpc) is 2.16. The van der Waals surface area contributed by atoms with Crippen molar-refractivity contribution < 1.29 is 4.39 Å². The van der Waals surface area contributed by atoms with Gasteiger partial charge in [-0.1, -0.05) is 0 Å². The van der Waals surface area contributed by atoms with E-state index in [-0.39, 0.29) is 5.82 Å². The largest absolute Gasteiger partial charge is 0.359 e. The van der Waals surface area contributed by atoms with E-state index in [0.717, 1.165) is 25.2 Å². The number of anilines is 1. The summed E-state index contributed by atoms with van der Waals surface area (Å²) in [7, 11) is 1.97. The number of pyridine rings is 1. The molecule has 15 heavy (non-hydrogen) atoms. The van der Waals surface area contributed by atoms with Crippen LogP contribution in [0, 0.1) is 11.7 Å². The predicted octanol–water partition coefficient (Wildman–Crippen LogP) is 2.67. The second-order valence-electron chi connectivity index (χ2n) is 4.15. The molecule has 2 rings (SSSR count). The lowest BCUT2D eigenvalue weighted by Crippen LogP contribution is -2.35. The molecule has 1 aromatic heterocycles. The van der Waals surface area contributed by atoms with Crippen molar-refractivity contribution in [2.75, 3.05) is 18.5 Å². The van der Waals surface area contributed by atoms with E-state index < -0.39 is 0 Å². The smallest absolute Gasteiger partial charge is 0.141 e. The zero-order chi connectivity index (χ0) is 10.8. The minimum atomic E-state index is -0.295. The first-order valence-electron chi connectivity index (χ1n) is 5.12. The van der Waals surface area contributed by atoms with Crippen LogP contribution in [0.15, 0.2) is 18.3 Å². The summed E-state index contributed by atoms with van der Waals surface area (Å²) in [6.07, 6.45) is 3.40. The van der Waals surface area contributed by atoms with Gasteiger partial charge < -0.3 is 4.90 Å². The van der Waals surface area contributed by atoms with E-state index in [1.165, 1.54) is 12.3 Å². The zero-order valence-corrected chi connectivity index (χ0v) is 9.41. The monoisotopic (exact) mass is 228 g/mol. The summed E-state index contributed by atoms with van der Waals surface area (Å²) >= 11 is 5.91. The van der Waals surface area contributed by atoms with Crippen molar-refractivity contribution in [2.45, 2.75) is 18.2 Å². The van der Waals surface area contributed by atoms with E-state index in [0.29, 0.717) is 11.3 Å². The Morgan fingerprint density at radius 1 is 1.53 bits per heavy atom. The van der Waals surface area contributed by atoms with Gasteiger partial charge in [-0.05, 0) is 30.9 Å². The van der Waals surface area contributed by atoms with Crippen molar-refractivity contribution in [1.29, 1.82) is 0 Å². The molecule has 4 heteroatoms. The van der Waals surface area contributed by atoms with Gasteiger partial charge in [0.15, 0.2) is 0 Å². The molecular weight excluding hydrogens is 215 g/mol. The second kappa shape index (κ2) is 4.35. The maximum Gasteiger partial charge on any atom is 0.141 e. The van der Waals surface area contributed by atoms with Gasteiger partial charge in [0.1, 0.15) is 11.6 Å². The molecule has 0 amide bonds. The fourth-order valence-electron chi connectivity index (χ4n) is 1.88. The van der Waals surface area contributed by atoms with E-state index in [1.807, 2.05) is 11.9 Å². The summed E-state index contributed by atoms with van der Waals surface area (Å²) in [5, 5.41) is 0.351. The molecule has 0 radical (unpaired) electrons. The molecule has 1 heterocycles. The van der Waals surface area contributed by atoms with E-state index >= 15 is 0 Å². The first-order valence-corrected chi connectivity index (χ1v) is 5.55. The molecule has 0 unspecified atom stereocenters. The molecule has 82 valence electrons. The van der Waals surface area contributed by atoms with Crippen LogP contribution in [0.4, 0.5) is 10.2 Å². The molecule has 0 spiro atoms. The van der Waals surface area contributed by atoms with Crippen molar-refractivity contribution in [3.63, 3.8) is 0 Å². The van der Waals surface area contributed by atoms with E-state index in [4.69, 9.17) is 11.6 Å². The predicted molar refractivity (Wildman–Crippen MR) is 59.8 cm³/mol.